The summed E-state index contributed by atoms with van der Waals surface area (Å²) >= 11 is 2.00. The molecule has 1 heteroatoms. The molecule has 0 aromatic heterocycles. The summed E-state index contributed by atoms with van der Waals surface area (Å²) in [6, 6.07) is 0. The van der Waals surface area contributed by atoms with Crippen molar-refractivity contribution in [2.24, 2.45) is 0 Å². The van der Waals surface area contributed by atoms with E-state index >= 15 is 0 Å². The molecule has 0 aliphatic carbocycles. The predicted octanol–water partition coefficient (Wildman–Crippen LogP) is 4.14. The summed E-state index contributed by atoms with van der Waals surface area (Å²) in [6.07, 6.45) is 9.91. The van der Waals surface area contributed by atoms with E-state index in [1.807, 2.05) is 11.8 Å². The zero-order valence-corrected chi connectivity index (χ0v) is 8.86. The lowest BCUT2D eigenvalue weighted by molar-refractivity contribution is 0.715. The van der Waals surface area contributed by atoms with Crippen LogP contribution in [0.15, 0.2) is 23.1 Å². The van der Waals surface area contributed by atoms with Crippen LogP contribution in [0.3, 0.4) is 0 Å². The van der Waals surface area contributed by atoms with Crippen molar-refractivity contribution in [3.8, 4) is 0 Å². The monoisotopic (exact) mass is 182 g/mol. The SMILES string of the molecule is CC(C)=CCCCC1CC=CS1. The molecule has 0 fully saturated rings. The van der Waals surface area contributed by atoms with Gasteiger partial charge in [-0.25, -0.2) is 0 Å². The fraction of sp³-hybridized carbons (Fsp3) is 0.636. The highest BCUT2D eigenvalue weighted by molar-refractivity contribution is 8.02. The van der Waals surface area contributed by atoms with Crippen molar-refractivity contribution < 1.29 is 0 Å². The van der Waals surface area contributed by atoms with E-state index in [0.717, 1.165) is 5.25 Å². The average molecular weight is 182 g/mol. The third-order valence-corrected chi connectivity index (χ3v) is 3.21. The number of hydrogen-bond donors (Lipinski definition) is 0. The average Bonchev–Trinajstić information content (AvgIpc) is 2.49. The predicted molar refractivity (Wildman–Crippen MR) is 58.4 cm³/mol. The van der Waals surface area contributed by atoms with Crippen LogP contribution in [0.4, 0.5) is 0 Å². The van der Waals surface area contributed by atoms with Gasteiger partial charge in [-0.15, -0.1) is 11.8 Å². The van der Waals surface area contributed by atoms with Gasteiger partial charge in [0.25, 0.3) is 0 Å². The Kier molecular flexibility index (Phi) is 4.52. The molecule has 0 aromatic carbocycles. The summed E-state index contributed by atoms with van der Waals surface area (Å²) < 4.78 is 0. The molecule has 0 N–H and O–H groups in total. The molecule has 0 amide bonds. The third-order valence-electron chi connectivity index (χ3n) is 2.05. The lowest BCUT2D eigenvalue weighted by atomic mass is 10.1. The molecular weight excluding hydrogens is 164 g/mol. The molecule has 1 rings (SSSR count). The molecule has 0 nitrogen and oxygen atoms in total. The van der Waals surface area contributed by atoms with E-state index in [9.17, 15) is 0 Å². The second kappa shape index (κ2) is 5.47. The summed E-state index contributed by atoms with van der Waals surface area (Å²) in [4.78, 5) is 0. The lowest BCUT2D eigenvalue weighted by Gasteiger charge is -2.05. The summed E-state index contributed by atoms with van der Waals surface area (Å²) in [5.41, 5.74) is 1.45. The molecule has 0 bridgehead atoms. The van der Waals surface area contributed by atoms with Crippen LogP contribution in [-0.2, 0) is 0 Å². The third kappa shape index (κ3) is 4.01. The van der Waals surface area contributed by atoms with Crippen molar-refractivity contribution in [3.63, 3.8) is 0 Å². The largest absolute Gasteiger partial charge is 0.131 e. The maximum absolute atomic E-state index is 2.34. The summed E-state index contributed by atoms with van der Waals surface area (Å²) in [6.45, 7) is 4.34. The maximum Gasteiger partial charge on any atom is 0.0123 e. The van der Waals surface area contributed by atoms with Gasteiger partial charge in [-0.3, -0.25) is 0 Å². The van der Waals surface area contributed by atoms with Crippen LogP contribution in [0.2, 0.25) is 0 Å². The molecule has 0 radical (unpaired) electrons. The van der Waals surface area contributed by atoms with Crippen LogP contribution in [0.25, 0.3) is 0 Å². The van der Waals surface area contributed by atoms with Gasteiger partial charge in [0, 0.05) is 5.25 Å². The van der Waals surface area contributed by atoms with E-state index < -0.39 is 0 Å². The van der Waals surface area contributed by atoms with Crippen LogP contribution < -0.4 is 0 Å². The van der Waals surface area contributed by atoms with Crippen molar-refractivity contribution in [1.29, 1.82) is 0 Å². The topological polar surface area (TPSA) is 0 Å². The molecule has 0 saturated heterocycles. The van der Waals surface area contributed by atoms with Crippen molar-refractivity contribution in [2.45, 2.75) is 44.8 Å². The van der Waals surface area contributed by atoms with Crippen LogP contribution >= 0.6 is 11.8 Å². The summed E-state index contributed by atoms with van der Waals surface area (Å²) in [7, 11) is 0. The second-order valence-electron chi connectivity index (χ2n) is 3.58. The molecule has 68 valence electrons. The van der Waals surface area contributed by atoms with Gasteiger partial charge >= 0.3 is 0 Å². The Morgan fingerprint density at radius 2 is 2.42 bits per heavy atom. The summed E-state index contributed by atoms with van der Waals surface area (Å²) in [5.74, 6) is 0. The number of hydrogen-bond acceptors (Lipinski definition) is 1. The first-order valence-electron chi connectivity index (χ1n) is 4.73. The van der Waals surface area contributed by atoms with Crippen molar-refractivity contribution in [3.05, 3.63) is 23.1 Å². The van der Waals surface area contributed by atoms with Gasteiger partial charge < -0.3 is 0 Å². The van der Waals surface area contributed by atoms with E-state index in [-0.39, 0.29) is 0 Å². The molecule has 1 unspecified atom stereocenters. The highest BCUT2D eigenvalue weighted by Gasteiger charge is 2.08. The molecule has 1 aliphatic rings. The maximum atomic E-state index is 2.34. The van der Waals surface area contributed by atoms with Gasteiger partial charge in [-0.05, 0) is 44.9 Å². The fourth-order valence-corrected chi connectivity index (χ4v) is 2.32. The Hall–Kier alpha value is -0.170. The highest BCUT2D eigenvalue weighted by Crippen LogP contribution is 2.27. The quantitative estimate of drug-likeness (QED) is 0.465. The number of thioether (sulfide) groups is 1. The van der Waals surface area contributed by atoms with E-state index in [1.54, 1.807) is 0 Å². The van der Waals surface area contributed by atoms with Crippen molar-refractivity contribution in [1.82, 2.24) is 0 Å². The Morgan fingerprint density at radius 1 is 1.58 bits per heavy atom. The smallest absolute Gasteiger partial charge is 0.0123 e. The van der Waals surface area contributed by atoms with Crippen LogP contribution in [0, 0.1) is 0 Å². The molecule has 0 saturated carbocycles. The standard InChI is InChI=1S/C11H18S/c1-10(2)6-3-4-7-11-8-5-9-12-11/h5-6,9,11H,3-4,7-8H2,1-2H3. The number of rotatable bonds is 4. The molecule has 0 aromatic rings. The Labute approximate surface area is 80.1 Å². The van der Waals surface area contributed by atoms with E-state index in [4.69, 9.17) is 0 Å². The zero-order chi connectivity index (χ0) is 8.81. The molecule has 1 heterocycles. The minimum absolute atomic E-state index is 0.885. The minimum atomic E-state index is 0.885. The zero-order valence-electron chi connectivity index (χ0n) is 8.05. The molecule has 1 atom stereocenters. The summed E-state index contributed by atoms with van der Waals surface area (Å²) in [5, 5.41) is 3.13. The number of unbranched alkanes of at least 4 members (excludes halogenated alkanes) is 1. The van der Waals surface area contributed by atoms with Gasteiger partial charge in [0.1, 0.15) is 0 Å². The van der Waals surface area contributed by atoms with E-state index in [1.165, 1.54) is 31.3 Å². The first-order valence-corrected chi connectivity index (χ1v) is 5.67. The van der Waals surface area contributed by atoms with Crippen LogP contribution in [-0.4, -0.2) is 5.25 Å². The normalized spacial score (nSPS) is 21.3. The highest BCUT2D eigenvalue weighted by atomic mass is 32.2. The first-order chi connectivity index (χ1) is 5.79. The van der Waals surface area contributed by atoms with Crippen molar-refractivity contribution in [2.75, 3.05) is 0 Å². The lowest BCUT2D eigenvalue weighted by Crippen LogP contribution is -1.95. The van der Waals surface area contributed by atoms with E-state index in [2.05, 4.69) is 31.4 Å². The van der Waals surface area contributed by atoms with Gasteiger partial charge in [-0.2, -0.15) is 0 Å². The van der Waals surface area contributed by atoms with Gasteiger partial charge in [0.2, 0.25) is 0 Å². The van der Waals surface area contributed by atoms with E-state index in [0.29, 0.717) is 0 Å². The molecule has 0 spiro atoms. The molecule has 12 heavy (non-hydrogen) atoms. The second-order valence-corrected chi connectivity index (χ2v) is 4.79. The Balaban J connectivity index is 1.99. The fourth-order valence-electron chi connectivity index (χ4n) is 1.35. The minimum Gasteiger partial charge on any atom is -0.131 e. The van der Waals surface area contributed by atoms with Gasteiger partial charge in [-0.1, -0.05) is 17.7 Å². The van der Waals surface area contributed by atoms with Crippen LogP contribution in [0.5, 0.6) is 0 Å². The Morgan fingerprint density at radius 3 is 3.00 bits per heavy atom. The molecule has 1 aliphatic heterocycles. The molecular formula is C11H18S. The van der Waals surface area contributed by atoms with Gasteiger partial charge in [0.15, 0.2) is 0 Å². The van der Waals surface area contributed by atoms with Gasteiger partial charge in [0.05, 0.1) is 0 Å². The van der Waals surface area contributed by atoms with Crippen molar-refractivity contribution >= 4 is 11.8 Å². The first kappa shape index (κ1) is 9.91. The number of allylic oxidation sites excluding steroid dienone is 3. The Bertz CT molecular complexity index is 167. The van der Waals surface area contributed by atoms with Crippen LogP contribution in [0.1, 0.15) is 39.5 Å².